The summed E-state index contributed by atoms with van der Waals surface area (Å²) in [5, 5.41) is 3.12. The zero-order valence-corrected chi connectivity index (χ0v) is 10.3. The van der Waals surface area contributed by atoms with Gasteiger partial charge < -0.3 is 10.3 Å². The van der Waals surface area contributed by atoms with Crippen LogP contribution in [0.5, 0.6) is 0 Å². The molecule has 2 N–H and O–H groups in total. The van der Waals surface area contributed by atoms with Gasteiger partial charge in [-0.2, -0.15) is 0 Å². The molecule has 0 heterocycles. The van der Waals surface area contributed by atoms with Crippen molar-refractivity contribution >= 4 is 28.7 Å². The topological polar surface area (TPSA) is 24.1 Å². The largest absolute Gasteiger partial charge is 0.338 e. The zero-order valence-electron chi connectivity index (χ0n) is 7.33. The molecule has 0 aromatic heterocycles. The van der Waals surface area contributed by atoms with E-state index in [1.54, 1.807) is 0 Å². The highest BCUT2D eigenvalue weighted by atomic mass is 28.3. The molecule has 0 rings (SSSR count). The molecule has 0 bridgehead atoms. The summed E-state index contributed by atoms with van der Waals surface area (Å²) in [6.45, 7) is 4.49. The van der Waals surface area contributed by atoms with E-state index in [9.17, 15) is 0 Å². The average molecular weight is 200 g/mol. The second-order valence-corrected chi connectivity index (χ2v) is 6.91. The number of rotatable bonds is 8. The summed E-state index contributed by atoms with van der Waals surface area (Å²) in [5.74, 6) is 0. The second kappa shape index (κ2) is 10.6. The summed E-state index contributed by atoms with van der Waals surface area (Å²) >= 11 is 0. The molecular weight excluding hydrogens is 184 g/mol. The molecule has 0 unspecified atom stereocenters. The summed E-state index contributed by atoms with van der Waals surface area (Å²) in [6.07, 6.45) is 0. The monoisotopic (exact) mass is 200 g/mol. The Balaban J connectivity index is 2.69. The lowest BCUT2D eigenvalue weighted by molar-refractivity contribution is 0.767. The van der Waals surface area contributed by atoms with E-state index >= 15 is 0 Å². The van der Waals surface area contributed by atoms with Crippen molar-refractivity contribution in [3.63, 3.8) is 0 Å². The van der Waals surface area contributed by atoms with Gasteiger partial charge in [0.15, 0.2) is 0 Å². The van der Waals surface area contributed by atoms with Crippen LogP contribution < -0.4 is 10.3 Å². The molecule has 11 heavy (non-hydrogen) atoms. The Kier molecular flexibility index (Phi) is 11.1. The first-order valence-electron chi connectivity index (χ1n) is 3.87. The minimum absolute atomic E-state index is 0.979. The van der Waals surface area contributed by atoms with E-state index in [0.717, 1.165) is 32.3 Å². The molecule has 0 fully saturated rings. The van der Waals surface area contributed by atoms with Gasteiger partial charge >= 0.3 is 0 Å². The Hall–Kier alpha value is 0.571. The average Bonchev–Trinajstić information content (AvgIpc) is 2.03. The van der Waals surface area contributed by atoms with E-state index in [1.165, 1.54) is 20.9 Å². The Bertz CT molecular complexity index is 64.8. The normalized spacial score (nSPS) is 10.4. The van der Waals surface area contributed by atoms with Crippen LogP contribution in [-0.2, 0) is 0 Å². The van der Waals surface area contributed by atoms with E-state index in [2.05, 4.69) is 16.8 Å². The predicted octanol–water partition coefficient (Wildman–Crippen LogP) is -0.377. The fourth-order valence-electron chi connectivity index (χ4n) is 0.588. The number of likely N-dealkylation sites (N-methyl/N-ethyl adjacent to an activating group) is 1. The van der Waals surface area contributed by atoms with E-state index in [0.29, 0.717) is 0 Å². The van der Waals surface area contributed by atoms with Crippen molar-refractivity contribution in [2.45, 2.75) is 17.9 Å². The maximum atomic E-state index is 3.42. The van der Waals surface area contributed by atoms with Crippen LogP contribution in [0.1, 0.15) is 0 Å². The van der Waals surface area contributed by atoms with Crippen LogP contribution in [0.4, 0.5) is 0 Å². The lowest BCUT2D eigenvalue weighted by atomic mass is 10.7. The maximum Gasteiger partial charge on any atom is 0.135 e. The minimum Gasteiger partial charge on any atom is -0.338 e. The molecule has 0 atom stereocenters. The van der Waals surface area contributed by atoms with Crippen molar-refractivity contribution in [3.05, 3.63) is 0 Å². The standard InChI is InChI=1S/C6H16N2Si3/c1-7-3-4-8-11-6-10-5-9-2/h7-8H,3-6H2,1-2H3. The number of hydrogen-bond acceptors (Lipinski definition) is 2. The molecule has 0 aliphatic carbocycles. The van der Waals surface area contributed by atoms with Gasteiger partial charge in [0.25, 0.3) is 0 Å². The van der Waals surface area contributed by atoms with Crippen molar-refractivity contribution in [2.24, 2.45) is 0 Å². The third kappa shape index (κ3) is 10.6. The summed E-state index contributed by atoms with van der Waals surface area (Å²) in [4.78, 5) is 3.42. The predicted molar refractivity (Wildman–Crippen MR) is 54.7 cm³/mol. The first-order chi connectivity index (χ1) is 5.41. The first-order valence-corrected chi connectivity index (χ1v) is 8.20. The third-order valence-corrected chi connectivity index (χ3v) is 5.76. The third-order valence-electron chi connectivity index (χ3n) is 1.14. The fraction of sp³-hybridized carbons (Fsp3) is 1.00. The molecule has 0 aliphatic heterocycles. The lowest BCUT2D eigenvalue weighted by Crippen LogP contribution is -2.28. The second-order valence-electron chi connectivity index (χ2n) is 2.16. The summed E-state index contributed by atoms with van der Waals surface area (Å²) in [7, 11) is 5.30. The molecule has 5 heteroatoms. The fourth-order valence-corrected chi connectivity index (χ4v) is 4.52. The first kappa shape index (κ1) is 11.6. The van der Waals surface area contributed by atoms with Crippen LogP contribution in [0.2, 0.25) is 17.9 Å². The molecule has 62 valence electrons. The van der Waals surface area contributed by atoms with Gasteiger partial charge in [0.05, 0.1) is 0 Å². The molecule has 0 spiro atoms. The molecular formula is C6H16N2Si3. The van der Waals surface area contributed by atoms with E-state index in [-0.39, 0.29) is 0 Å². The van der Waals surface area contributed by atoms with Gasteiger partial charge in [0.2, 0.25) is 0 Å². The van der Waals surface area contributed by atoms with Gasteiger partial charge in [-0.15, -0.1) is 0 Å². The lowest BCUT2D eigenvalue weighted by Gasteiger charge is -2.00. The van der Waals surface area contributed by atoms with Crippen molar-refractivity contribution in [1.82, 2.24) is 10.3 Å². The Morgan fingerprint density at radius 3 is 2.64 bits per heavy atom. The van der Waals surface area contributed by atoms with Crippen LogP contribution in [-0.4, -0.2) is 48.9 Å². The zero-order chi connectivity index (χ0) is 8.36. The van der Waals surface area contributed by atoms with Crippen molar-refractivity contribution in [1.29, 1.82) is 0 Å². The molecule has 6 radical (unpaired) electrons. The van der Waals surface area contributed by atoms with Crippen LogP contribution >= 0.6 is 0 Å². The highest BCUT2D eigenvalue weighted by Gasteiger charge is 1.90. The highest BCUT2D eigenvalue weighted by Crippen LogP contribution is 1.79. The van der Waals surface area contributed by atoms with Gasteiger partial charge in [-0.05, 0) is 7.05 Å². The van der Waals surface area contributed by atoms with Crippen molar-refractivity contribution < 1.29 is 0 Å². The Labute approximate surface area is 77.5 Å². The highest BCUT2D eigenvalue weighted by molar-refractivity contribution is 6.62. The SMILES string of the molecule is CNCCN[Si]C[Si]C[Si]C. The molecule has 0 aliphatic rings. The summed E-state index contributed by atoms with van der Waals surface area (Å²) in [5.41, 5.74) is 2.84. The van der Waals surface area contributed by atoms with Crippen LogP contribution in [0.15, 0.2) is 0 Å². The summed E-state index contributed by atoms with van der Waals surface area (Å²) < 4.78 is 0. The number of nitrogens with one attached hydrogen (secondary N) is 2. The van der Waals surface area contributed by atoms with Crippen molar-refractivity contribution in [2.75, 3.05) is 20.1 Å². The van der Waals surface area contributed by atoms with E-state index < -0.39 is 0 Å². The van der Waals surface area contributed by atoms with E-state index in [1.807, 2.05) is 7.05 Å². The van der Waals surface area contributed by atoms with Gasteiger partial charge in [0.1, 0.15) is 9.68 Å². The molecule has 0 aromatic carbocycles. The van der Waals surface area contributed by atoms with Crippen LogP contribution in [0.3, 0.4) is 0 Å². The Morgan fingerprint density at radius 2 is 2.00 bits per heavy atom. The van der Waals surface area contributed by atoms with Crippen LogP contribution in [0, 0.1) is 0 Å². The molecule has 2 nitrogen and oxygen atoms in total. The van der Waals surface area contributed by atoms with Gasteiger partial charge in [-0.1, -0.05) is 17.9 Å². The van der Waals surface area contributed by atoms with Gasteiger partial charge in [-0.3, -0.25) is 0 Å². The van der Waals surface area contributed by atoms with Crippen molar-refractivity contribution in [3.8, 4) is 0 Å². The Morgan fingerprint density at radius 1 is 1.18 bits per heavy atom. The van der Waals surface area contributed by atoms with Gasteiger partial charge in [-0.25, -0.2) is 0 Å². The smallest absolute Gasteiger partial charge is 0.135 e. The molecule has 0 saturated heterocycles. The maximum absolute atomic E-state index is 3.42. The quantitative estimate of drug-likeness (QED) is 0.412. The molecule has 0 amide bonds. The van der Waals surface area contributed by atoms with Crippen LogP contribution in [0.25, 0.3) is 0 Å². The molecule has 0 saturated carbocycles. The van der Waals surface area contributed by atoms with E-state index in [4.69, 9.17) is 0 Å². The summed E-state index contributed by atoms with van der Waals surface area (Å²) in [6, 6.07) is 0. The molecule has 0 aromatic rings. The van der Waals surface area contributed by atoms with Gasteiger partial charge in [0, 0.05) is 32.1 Å². The minimum atomic E-state index is 0.979. The number of hydrogen-bond donors (Lipinski definition) is 2.